The molecule has 0 aromatic carbocycles. The Morgan fingerprint density at radius 2 is 2.02 bits per heavy atom. The van der Waals surface area contributed by atoms with Crippen molar-refractivity contribution < 1.29 is 44.0 Å². The summed E-state index contributed by atoms with van der Waals surface area (Å²) < 4.78 is 22.6. The number of anilines is 1. The Morgan fingerprint density at radius 3 is 2.75 bits per heavy atom. The van der Waals surface area contributed by atoms with Crippen LogP contribution in [-0.2, 0) is 20.4 Å². The molecule has 3 aromatic heterocycles. The predicted molar refractivity (Wildman–Crippen MR) is 144 cm³/mol. The maximum absolute atomic E-state index is 11.0. The lowest BCUT2D eigenvalue weighted by molar-refractivity contribution is -0.0511. The van der Waals surface area contributed by atoms with Gasteiger partial charge in [-0.15, -0.1) is 0 Å². The molecule has 4 atom stereocenters. The number of phosphoric ester groups is 1. The Bertz CT molecular complexity index is 1390. The second-order valence-corrected chi connectivity index (χ2v) is 11.2. The minimum Gasteiger partial charge on any atom is -0.505 e. The number of aliphatic imine (C=N–C) groups is 1. The van der Waals surface area contributed by atoms with Crippen LogP contribution >= 0.6 is 19.6 Å². The zero-order chi connectivity index (χ0) is 28.9. The minimum atomic E-state index is -4.68. The Morgan fingerprint density at radius 1 is 1.23 bits per heavy atom. The van der Waals surface area contributed by atoms with E-state index in [0.717, 1.165) is 0 Å². The van der Waals surface area contributed by atoms with E-state index in [9.17, 15) is 25.0 Å². The molecule has 1 fully saturated rings. The fourth-order valence-corrected chi connectivity index (χ4v) is 4.95. The number of thioether (sulfide) groups is 1. The Balaban J connectivity index is 1.27. The van der Waals surface area contributed by atoms with Crippen molar-refractivity contribution in [1.82, 2.24) is 24.5 Å². The van der Waals surface area contributed by atoms with Crippen LogP contribution in [-0.4, -0.2) is 110 Å². The van der Waals surface area contributed by atoms with Gasteiger partial charge in [0.05, 0.1) is 25.2 Å². The minimum absolute atomic E-state index is 0.135. The number of pyridine rings is 1. The van der Waals surface area contributed by atoms with Crippen molar-refractivity contribution in [2.24, 2.45) is 4.99 Å². The predicted octanol–water partition coefficient (Wildman–Crippen LogP) is -0.280. The fraction of sp³-hybridized carbons (Fsp3) is 0.500. The van der Waals surface area contributed by atoms with E-state index in [1.165, 1.54) is 29.6 Å². The van der Waals surface area contributed by atoms with E-state index in [1.54, 1.807) is 18.7 Å². The number of aliphatic hydroxyl groups is 3. The van der Waals surface area contributed by atoms with Crippen molar-refractivity contribution in [1.29, 1.82) is 0 Å². The molecule has 1 aliphatic rings. The van der Waals surface area contributed by atoms with Gasteiger partial charge in [-0.25, -0.2) is 19.5 Å². The van der Waals surface area contributed by atoms with Crippen LogP contribution in [0.2, 0.25) is 0 Å². The van der Waals surface area contributed by atoms with Crippen LogP contribution in [0, 0.1) is 6.92 Å². The van der Waals surface area contributed by atoms with Crippen LogP contribution in [0.5, 0.6) is 5.75 Å². The summed E-state index contributed by atoms with van der Waals surface area (Å²) in [6.07, 6.45) is 1.22. The standard InChI is InChI=1S/C22H30N7O9PS/c1-12-17(31)14(13(6-25-12)9-37-39(34,35)36)7-23-2-4-40-5-3-24-20-16-21(27-10-26-20)29(11-28-16)22-19(33)18(32)15(8-30)38-22/h6-7,10-11,15,18-19,22,30-33H,2-5,8-9H2,1H3,(H,24,26,27)(H2,34,35,36)/t15-,18-,19-,22-/m1/s1. The maximum Gasteiger partial charge on any atom is 0.469 e. The van der Waals surface area contributed by atoms with E-state index < -0.39 is 45.6 Å². The van der Waals surface area contributed by atoms with E-state index in [4.69, 9.17) is 14.5 Å². The number of phosphoric acid groups is 1. The van der Waals surface area contributed by atoms with Gasteiger partial charge in [0.2, 0.25) is 0 Å². The topological polar surface area (TPSA) is 238 Å². The summed E-state index contributed by atoms with van der Waals surface area (Å²) in [5.41, 5.74) is 1.79. The Labute approximate surface area is 232 Å². The number of hydrogen-bond acceptors (Lipinski definition) is 14. The zero-order valence-electron chi connectivity index (χ0n) is 21.3. The number of nitrogens with zero attached hydrogens (tertiary/aromatic N) is 6. The van der Waals surface area contributed by atoms with E-state index in [1.807, 2.05) is 0 Å². The van der Waals surface area contributed by atoms with Crippen molar-refractivity contribution in [2.75, 3.05) is 36.5 Å². The van der Waals surface area contributed by atoms with Crippen LogP contribution in [0.25, 0.3) is 11.2 Å². The number of ether oxygens (including phenoxy) is 1. The molecule has 4 heterocycles. The molecule has 0 spiro atoms. The molecule has 4 rings (SSSR count). The SMILES string of the molecule is Cc1ncc(COP(=O)(O)O)c(C=NCCSCCNc2ncnc3c2ncn3[C@@H]2O[C@H](CO)[C@@H](O)[C@H]2O)c1O. The third-order valence-electron chi connectivity index (χ3n) is 6.02. The first-order valence-electron chi connectivity index (χ1n) is 12.1. The smallest absolute Gasteiger partial charge is 0.469 e. The van der Waals surface area contributed by atoms with Crippen molar-refractivity contribution in [3.05, 3.63) is 35.7 Å². The van der Waals surface area contributed by atoms with Gasteiger partial charge < -0.3 is 40.3 Å². The largest absolute Gasteiger partial charge is 0.505 e. The first-order valence-corrected chi connectivity index (χ1v) is 14.8. The number of rotatable bonds is 13. The first-order chi connectivity index (χ1) is 19.1. The summed E-state index contributed by atoms with van der Waals surface area (Å²) in [6.45, 7) is 1.71. The highest BCUT2D eigenvalue weighted by Crippen LogP contribution is 2.38. The molecule has 16 nitrogen and oxygen atoms in total. The number of aryl methyl sites for hydroxylation is 1. The number of fused-ring (bicyclic) bond motifs is 1. The number of hydrogen-bond donors (Lipinski definition) is 7. The zero-order valence-corrected chi connectivity index (χ0v) is 23.0. The van der Waals surface area contributed by atoms with Gasteiger partial charge >= 0.3 is 7.82 Å². The molecule has 0 bridgehead atoms. The highest BCUT2D eigenvalue weighted by molar-refractivity contribution is 7.99. The molecule has 18 heteroatoms. The summed E-state index contributed by atoms with van der Waals surface area (Å²) in [7, 11) is -4.68. The molecule has 218 valence electrons. The number of nitrogens with one attached hydrogen (secondary N) is 1. The Kier molecular flexibility index (Phi) is 10.0. The van der Waals surface area contributed by atoms with Crippen molar-refractivity contribution >= 4 is 42.8 Å². The monoisotopic (exact) mass is 599 g/mol. The van der Waals surface area contributed by atoms with E-state index in [-0.39, 0.29) is 11.3 Å². The number of aromatic hydroxyl groups is 1. The summed E-state index contributed by atoms with van der Waals surface area (Å²) in [6, 6.07) is 0. The van der Waals surface area contributed by atoms with Gasteiger partial charge in [-0.05, 0) is 6.92 Å². The first kappa shape index (κ1) is 30.2. The number of aromatic nitrogens is 5. The highest BCUT2D eigenvalue weighted by Gasteiger charge is 2.44. The van der Waals surface area contributed by atoms with Gasteiger partial charge in [0.15, 0.2) is 23.2 Å². The van der Waals surface area contributed by atoms with Crippen LogP contribution in [0.1, 0.15) is 23.0 Å². The van der Waals surface area contributed by atoms with E-state index in [0.29, 0.717) is 52.8 Å². The lowest BCUT2D eigenvalue weighted by Crippen LogP contribution is -2.33. The molecule has 0 aliphatic carbocycles. The molecule has 0 unspecified atom stereocenters. The van der Waals surface area contributed by atoms with Crippen LogP contribution < -0.4 is 5.32 Å². The Hall–Kier alpha value is -2.73. The van der Waals surface area contributed by atoms with Crippen molar-refractivity contribution in [2.45, 2.75) is 38.1 Å². The third-order valence-corrected chi connectivity index (χ3v) is 7.45. The van der Waals surface area contributed by atoms with Crippen LogP contribution in [0.15, 0.2) is 23.8 Å². The summed E-state index contributed by atoms with van der Waals surface area (Å²) >= 11 is 1.61. The molecule has 0 amide bonds. The molecule has 3 aromatic rings. The quantitative estimate of drug-likeness (QED) is 0.0760. The highest BCUT2D eigenvalue weighted by atomic mass is 32.2. The number of imidazole rings is 1. The van der Waals surface area contributed by atoms with Gasteiger partial charge in [0.1, 0.15) is 30.4 Å². The molecular weight excluding hydrogens is 569 g/mol. The lowest BCUT2D eigenvalue weighted by atomic mass is 10.1. The molecule has 0 radical (unpaired) electrons. The molecule has 0 saturated carbocycles. The third kappa shape index (κ3) is 7.12. The van der Waals surface area contributed by atoms with Gasteiger partial charge in [0.25, 0.3) is 0 Å². The second-order valence-electron chi connectivity index (χ2n) is 8.74. The summed E-state index contributed by atoms with van der Waals surface area (Å²) in [4.78, 5) is 39.0. The van der Waals surface area contributed by atoms with Crippen molar-refractivity contribution in [3.63, 3.8) is 0 Å². The molecular formula is C22H30N7O9PS. The van der Waals surface area contributed by atoms with Gasteiger partial charge in [-0.1, -0.05) is 0 Å². The van der Waals surface area contributed by atoms with Gasteiger partial charge in [-0.2, -0.15) is 11.8 Å². The average Bonchev–Trinajstić information content (AvgIpc) is 3.47. The molecule has 1 aliphatic heterocycles. The molecule has 7 N–H and O–H groups in total. The lowest BCUT2D eigenvalue weighted by Gasteiger charge is -2.16. The molecule has 40 heavy (non-hydrogen) atoms. The summed E-state index contributed by atoms with van der Waals surface area (Å²) in [5.74, 6) is 1.72. The number of aliphatic hydroxyl groups excluding tert-OH is 3. The van der Waals surface area contributed by atoms with Gasteiger partial charge in [0, 0.05) is 48.1 Å². The molecule has 1 saturated heterocycles. The maximum atomic E-state index is 11.0. The fourth-order valence-electron chi connectivity index (χ4n) is 3.96. The average molecular weight is 600 g/mol. The second kappa shape index (κ2) is 13.3. The van der Waals surface area contributed by atoms with Crippen LogP contribution in [0.4, 0.5) is 5.82 Å². The normalized spacial score (nSPS) is 21.6. The summed E-state index contributed by atoms with van der Waals surface area (Å²) in [5, 5.41) is 43.2. The van der Waals surface area contributed by atoms with Crippen molar-refractivity contribution in [3.8, 4) is 5.75 Å². The van der Waals surface area contributed by atoms with E-state index >= 15 is 0 Å². The van der Waals surface area contributed by atoms with Crippen LogP contribution in [0.3, 0.4) is 0 Å². The van der Waals surface area contributed by atoms with E-state index in [2.05, 4.69) is 34.8 Å². The van der Waals surface area contributed by atoms with Gasteiger partial charge in [-0.3, -0.25) is 19.1 Å².